The standard InChI is InChI=1S/C19H29ClO2/c1-18-10-8-15(21)17(20)14(18)4-3-11-12-5-6-16(22)19(12,2)9-7-13(11)18/h11-15,17,21H,3-10H2,1-2H3/t11-,12-,13-,14?,15-,17?,18+,19-/m0/s1. The van der Waals surface area contributed by atoms with Crippen molar-refractivity contribution in [2.24, 2.45) is 34.5 Å². The number of hydrogen-bond donors (Lipinski definition) is 1. The smallest absolute Gasteiger partial charge is 0.139 e. The molecule has 0 aromatic rings. The molecule has 1 N–H and O–H groups in total. The third-order valence-corrected chi connectivity index (χ3v) is 8.98. The third kappa shape index (κ3) is 1.86. The Hall–Kier alpha value is -0.0800. The first-order chi connectivity index (χ1) is 10.4. The monoisotopic (exact) mass is 324 g/mol. The van der Waals surface area contributed by atoms with Crippen LogP contribution in [0.4, 0.5) is 0 Å². The maximum Gasteiger partial charge on any atom is 0.139 e. The van der Waals surface area contributed by atoms with Crippen LogP contribution in [0.5, 0.6) is 0 Å². The first-order valence-electron chi connectivity index (χ1n) is 9.23. The van der Waals surface area contributed by atoms with E-state index in [4.69, 9.17) is 11.6 Å². The molecule has 4 aliphatic carbocycles. The maximum atomic E-state index is 12.4. The number of alkyl halides is 1. The number of aliphatic hydroxyl groups is 1. The highest BCUT2D eigenvalue weighted by molar-refractivity contribution is 6.21. The largest absolute Gasteiger partial charge is 0.392 e. The minimum absolute atomic E-state index is 0.0289. The lowest BCUT2D eigenvalue weighted by molar-refractivity contribution is -0.141. The Bertz CT molecular complexity index is 492. The summed E-state index contributed by atoms with van der Waals surface area (Å²) in [6, 6.07) is 0. The lowest BCUT2D eigenvalue weighted by Crippen LogP contribution is -2.57. The molecule has 4 saturated carbocycles. The molecular formula is C19H29ClO2. The summed E-state index contributed by atoms with van der Waals surface area (Å²) in [5, 5.41) is 10.1. The van der Waals surface area contributed by atoms with Crippen LogP contribution in [0, 0.1) is 34.5 Å². The Morgan fingerprint density at radius 2 is 1.77 bits per heavy atom. The lowest BCUT2D eigenvalue weighted by atomic mass is 9.45. The van der Waals surface area contributed by atoms with Crippen molar-refractivity contribution in [1.82, 2.24) is 0 Å². The highest BCUT2D eigenvalue weighted by Gasteiger charge is 2.61. The Kier molecular flexibility index (Phi) is 3.48. The number of aliphatic hydroxyl groups excluding tert-OH is 1. The maximum absolute atomic E-state index is 12.4. The number of hydrogen-bond acceptors (Lipinski definition) is 2. The van der Waals surface area contributed by atoms with Crippen LogP contribution in [-0.2, 0) is 4.79 Å². The van der Waals surface area contributed by atoms with Gasteiger partial charge in [0.1, 0.15) is 5.78 Å². The molecule has 2 unspecified atom stereocenters. The number of ketones is 1. The highest BCUT2D eigenvalue weighted by Crippen LogP contribution is 2.65. The molecule has 4 fully saturated rings. The lowest BCUT2D eigenvalue weighted by Gasteiger charge is -2.61. The zero-order valence-electron chi connectivity index (χ0n) is 13.9. The van der Waals surface area contributed by atoms with Crippen molar-refractivity contribution >= 4 is 17.4 Å². The van der Waals surface area contributed by atoms with E-state index in [1.807, 2.05) is 0 Å². The molecule has 3 heteroatoms. The van der Waals surface area contributed by atoms with Crippen molar-refractivity contribution in [3.63, 3.8) is 0 Å². The van der Waals surface area contributed by atoms with Gasteiger partial charge in [0.2, 0.25) is 0 Å². The summed E-state index contributed by atoms with van der Waals surface area (Å²) < 4.78 is 0. The fraction of sp³-hybridized carbons (Fsp3) is 0.947. The summed E-state index contributed by atoms with van der Waals surface area (Å²) in [5.41, 5.74) is 0.250. The van der Waals surface area contributed by atoms with Gasteiger partial charge < -0.3 is 5.11 Å². The average Bonchev–Trinajstić information content (AvgIpc) is 2.79. The highest BCUT2D eigenvalue weighted by atomic mass is 35.5. The van der Waals surface area contributed by atoms with Gasteiger partial charge >= 0.3 is 0 Å². The second kappa shape index (κ2) is 4.96. The van der Waals surface area contributed by atoms with E-state index in [0.717, 1.165) is 38.5 Å². The molecule has 0 aromatic carbocycles. The van der Waals surface area contributed by atoms with Gasteiger partial charge in [0, 0.05) is 11.8 Å². The molecule has 22 heavy (non-hydrogen) atoms. The molecule has 124 valence electrons. The van der Waals surface area contributed by atoms with Crippen LogP contribution in [0.3, 0.4) is 0 Å². The van der Waals surface area contributed by atoms with Crippen molar-refractivity contribution in [2.45, 2.75) is 76.7 Å². The van der Waals surface area contributed by atoms with E-state index in [9.17, 15) is 9.90 Å². The van der Waals surface area contributed by atoms with Gasteiger partial charge in [-0.1, -0.05) is 13.8 Å². The van der Waals surface area contributed by atoms with Crippen LogP contribution in [0.2, 0.25) is 0 Å². The van der Waals surface area contributed by atoms with Crippen LogP contribution in [0.1, 0.15) is 65.2 Å². The second-order valence-electron chi connectivity index (χ2n) is 9.03. The average molecular weight is 325 g/mol. The zero-order valence-corrected chi connectivity index (χ0v) is 14.6. The molecule has 4 aliphatic rings. The summed E-state index contributed by atoms with van der Waals surface area (Å²) in [7, 11) is 0. The Balaban J connectivity index is 1.65. The first-order valence-corrected chi connectivity index (χ1v) is 9.67. The van der Waals surface area contributed by atoms with Crippen molar-refractivity contribution in [3.05, 3.63) is 0 Å². The predicted molar refractivity (Wildman–Crippen MR) is 87.8 cm³/mol. The molecule has 0 radical (unpaired) electrons. The molecule has 4 rings (SSSR count). The van der Waals surface area contributed by atoms with Crippen LogP contribution in [0.25, 0.3) is 0 Å². The molecular weight excluding hydrogens is 296 g/mol. The fourth-order valence-electron chi connectivity index (χ4n) is 7.04. The topological polar surface area (TPSA) is 37.3 Å². The Labute approximate surface area is 139 Å². The minimum atomic E-state index is -0.321. The molecule has 0 bridgehead atoms. The van der Waals surface area contributed by atoms with Gasteiger partial charge in [0.05, 0.1) is 11.5 Å². The molecule has 0 amide bonds. The summed E-state index contributed by atoms with van der Waals surface area (Å²) in [4.78, 5) is 12.4. The number of rotatable bonds is 0. The van der Waals surface area contributed by atoms with E-state index >= 15 is 0 Å². The normalized spacial score (nSPS) is 57.9. The van der Waals surface area contributed by atoms with Crippen molar-refractivity contribution in [2.75, 3.05) is 0 Å². The predicted octanol–water partition coefficient (Wildman–Crippen LogP) is 4.18. The van der Waals surface area contributed by atoms with Crippen LogP contribution < -0.4 is 0 Å². The number of Topliss-reactive ketones (excluding diaryl/α,β-unsaturated/α-hetero) is 1. The van der Waals surface area contributed by atoms with E-state index in [0.29, 0.717) is 29.5 Å². The fourth-order valence-corrected chi connectivity index (χ4v) is 7.58. The van der Waals surface area contributed by atoms with Gasteiger partial charge in [0.25, 0.3) is 0 Å². The summed E-state index contributed by atoms with van der Waals surface area (Å²) in [5.74, 6) is 3.02. The minimum Gasteiger partial charge on any atom is -0.392 e. The number of halogens is 1. The molecule has 8 atom stereocenters. The third-order valence-electron chi connectivity index (χ3n) is 8.38. The second-order valence-corrected chi connectivity index (χ2v) is 9.54. The summed E-state index contributed by atoms with van der Waals surface area (Å²) in [6.07, 6.45) is 8.19. The SMILES string of the molecule is C[C@]12CC[C@H](O)C(Cl)C1CC[C@@H]1[C@@H]2CC[C@]2(C)C(=O)CC[C@@H]12. The molecule has 0 heterocycles. The van der Waals surface area contributed by atoms with Gasteiger partial charge in [-0.15, -0.1) is 11.6 Å². The Morgan fingerprint density at radius 3 is 2.55 bits per heavy atom. The van der Waals surface area contributed by atoms with Crippen molar-refractivity contribution in [1.29, 1.82) is 0 Å². The van der Waals surface area contributed by atoms with Crippen LogP contribution in [0.15, 0.2) is 0 Å². The van der Waals surface area contributed by atoms with Crippen molar-refractivity contribution in [3.8, 4) is 0 Å². The van der Waals surface area contributed by atoms with E-state index in [1.54, 1.807) is 0 Å². The molecule has 0 saturated heterocycles. The van der Waals surface area contributed by atoms with Crippen LogP contribution in [-0.4, -0.2) is 22.4 Å². The molecule has 0 aliphatic heterocycles. The van der Waals surface area contributed by atoms with Gasteiger partial charge in [0.15, 0.2) is 0 Å². The van der Waals surface area contributed by atoms with Gasteiger partial charge in [-0.05, 0) is 74.0 Å². The van der Waals surface area contributed by atoms with E-state index < -0.39 is 0 Å². The van der Waals surface area contributed by atoms with Crippen LogP contribution >= 0.6 is 11.6 Å². The quantitative estimate of drug-likeness (QED) is 0.679. The van der Waals surface area contributed by atoms with E-state index in [1.165, 1.54) is 12.8 Å². The molecule has 0 aromatic heterocycles. The number of fused-ring (bicyclic) bond motifs is 5. The van der Waals surface area contributed by atoms with Gasteiger partial charge in [-0.25, -0.2) is 0 Å². The van der Waals surface area contributed by atoms with E-state index in [-0.39, 0.29) is 22.3 Å². The molecule has 0 spiro atoms. The summed E-state index contributed by atoms with van der Waals surface area (Å²) >= 11 is 6.62. The number of carbonyl (C=O) groups excluding carboxylic acids is 1. The summed E-state index contributed by atoms with van der Waals surface area (Å²) in [6.45, 7) is 4.68. The Morgan fingerprint density at radius 1 is 1.00 bits per heavy atom. The number of carbonyl (C=O) groups is 1. The van der Waals surface area contributed by atoms with Gasteiger partial charge in [-0.2, -0.15) is 0 Å². The van der Waals surface area contributed by atoms with Crippen molar-refractivity contribution < 1.29 is 9.90 Å². The van der Waals surface area contributed by atoms with Gasteiger partial charge in [-0.3, -0.25) is 4.79 Å². The molecule has 2 nitrogen and oxygen atoms in total. The zero-order chi connectivity index (χ0) is 15.7. The van der Waals surface area contributed by atoms with E-state index in [2.05, 4.69) is 13.8 Å². The first kappa shape index (κ1) is 15.4.